The van der Waals surface area contributed by atoms with E-state index in [1.807, 2.05) is 18.3 Å². The summed E-state index contributed by atoms with van der Waals surface area (Å²) in [5.74, 6) is 0.883. The predicted molar refractivity (Wildman–Crippen MR) is 260 cm³/mol. The minimum absolute atomic E-state index is 0.799. The fourth-order valence-electron chi connectivity index (χ4n) is 9.61. The topological polar surface area (TPSA) is 48.8 Å². The number of hydrogen-bond acceptors (Lipinski definition) is 3. The summed E-state index contributed by atoms with van der Waals surface area (Å²) in [6.07, 6.45) is 1.82. The van der Waals surface area contributed by atoms with Crippen LogP contribution in [0.4, 0.5) is 0 Å². The molecule has 0 radical (unpaired) electrons. The van der Waals surface area contributed by atoms with Crippen molar-refractivity contribution in [1.29, 1.82) is 0 Å². The number of rotatable bonds is 6. The van der Waals surface area contributed by atoms with Gasteiger partial charge in [-0.15, -0.1) is 0 Å². The second-order valence-corrected chi connectivity index (χ2v) is 16.2. The van der Waals surface area contributed by atoms with Crippen molar-refractivity contribution in [2.45, 2.75) is 0 Å². The molecule has 5 heterocycles. The van der Waals surface area contributed by atoms with E-state index in [2.05, 4.69) is 214 Å². The number of benzene rings is 8. The van der Waals surface area contributed by atoms with Crippen LogP contribution in [0, 0.1) is 0 Å². The molecule has 5 nitrogen and oxygen atoms in total. The third-order valence-corrected chi connectivity index (χ3v) is 12.6. The smallest absolute Gasteiger partial charge is 0.153 e. The van der Waals surface area contributed by atoms with Gasteiger partial charge in [-0.05, 0) is 112 Å². The summed E-state index contributed by atoms with van der Waals surface area (Å²) in [7, 11) is 0. The monoisotopic (exact) mass is 804 g/mol. The van der Waals surface area contributed by atoms with Crippen molar-refractivity contribution in [3.05, 3.63) is 219 Å². The van der Waals surface area contributed by atoms with Gasteiger partial charge in [-0.1, -0.05) is 133 Å². The van der Waals surface area contributed by atoms with Crippen LogP contribution >= 0.6 is 0 Å². The average molecular weight is 805 g/mol. The molecular weight excluding hydrogens is 769 g/mol. The van der Waals surface area contributed by atoms with Crippen molar-refractivity contribution in [3.63, 3.8) is 0 Å². The summed E-state index contributed by atoms with van der Waals surface area (Å²) in [6.45, 7) is 0. The SMILES string of the molecule is c1ccc(-c2cc(-c3ccccc3)nc(-n3c4ccccc4c4ccc(-c5ccc6c(c5)c5ccccc5n6-c5cccc(-c6ccc7oc8cccnc8c7c6)c5)cc43)c2)cc1. The van der Waals surface area contributed by atoms with Crippen LogP contribution in [-0.2, 0) is 0 Å². The lowest BCUT2D eigenvalue weighted by atomic mass is 10.0. The molecule has 0 aliphatic carbocycles. The highest BCUT2D eigenvalue weighted by Gasteiger charge is 2.19. The molecule has 13 rings (SSSR count). The van der Waals surface area contributed by atoms with E-state index in [1.54, 1.807) is 0 Å². The van der Waals surface area contributed by atoms with Gasteiger partial charge in [0, 0.05) is 44.4 Å². The zero-order valence-corrected chi connectivity index (χ0v) is 34.0. The number of para-hydroxylation sites is 2. The quantitative estimate of drug-likeness (QED) is 0.168. The summed E-state index contributed by atoms with van der Waals surface area (Å²) >= 11 is 0. The number of aromatic nitrogens is 4. The molecule has 13 aromatic rings. The van der Waals surface area contributed by atoms with E-state index in [4.69, 9.17) is 9.40 Å². The van der Waals surface area contributed by atoms with Crippen molar-refractivity contribution in [3.8, 4) is 56.1 Å². The van der Waals surface area contributed by atoms with Crippen LogP contribution in [0.2, 0.25) is 0 Å². The van der Waals surface area contributed by atoms with Crippen LogP contribution in [0.5, 0.6) is 0 Å². The number of furan rings is 1. The summed E-state index contributed by atoms with van der Waals surface area (Å²) in [5.41, 5.74) is 17.0. The highest BCUT2D eigenvalue weighted by Crippen LogP contribution is 2.40. The van der Waals surface area contributed by atoms with Crippen LogP contribution in [0.15, 0.2) is 223 Å². The maximum Gasteiger partial charge on any atom is 0.153 e. The molecule has 0 aliphatic heterocycles. The van der Waals surface area contributed by atoms with Gasteiger partial charge in [-0.2, -0.15) is 0 Å². The molecule has 0 atom stereocenters. The van der Waals surface area contributed by atoms with E-state index in [0.717, 1.165) is 100 Å². The number of pyridine rings is 2. The van der Waals surface area contributed by atoms with Gasteiger partial charge in [0.2, 0.25) is 0 Å². The Hall–Kier alpha value is -8.54. The molecule has 5 aromatic heterocycles. The predicted octanol–water partition coefficient (Wildman–Crippen LogP) is 15.2. The Morgan fingerprint density at radius 2 is 0.952 bits per heavy atom. The number of hydrogen-bond donors (Lipinski definition) is 0. The average Bonchev–Trinajstić information content (AvgIpc) is 4.01. The summed E-state index contributed by atoms with van der Waals surface area (Å²) < 4.78 is 10.8. The Labute approximate surface area is 362 Å². The zero-order chi connectivity index (χ0) is 41.4. The molecule has 0 amide bonds. The van der Waals surface area contributed by atoms with E-state index >= 15 is 0 Å². The number of nitrogens with zero attached hydrogens (tertiary/aromatic N) is 4. The third-order valence-electron chi connectivity index (χ3n) is 12.6. The van der Waals surface area contributed by atoms with E-state index < -0.39 is 0 Å². The molecule has 0 aliphatic rings. The fourth-order valence-corrected chi connectivity index (χ4v) is 9.61. The lowest BCUT2D eigenvalue weighted by Crippen LogP contribution is -2.00. The van der Waals surface area contributed by atoms with Crippen molar-refractivity contribution >= 4 is 65.7 Å². The summed E-state index contributed by atoms with van der Waals surface area (Å²) in [5, 5.41) is 5.82. The molecule has 0 saturated heterocycles. The highest BCUT2D eigenvalue weighted by molar-refractivity contribution is 6.12. The van der Waals surface area contributed by atoms with E-state index in [-0.39, 0.29) is 0 Å². The Kier molecular flexibility index (Phi) is 7.84. The Morgan fingerprint density at radius 3 is 1.78 bits per heavy atom. The van der Waals surface area contributed by atoms with E-state index in [1.165, 1.54) is 21.5 Å². The Morgan fingerprint density at radius 1 is 0.333 bits per heavy atom. The second-order valence-electron chi connectivity index (χ2n) is 16.2. The molecular formula is C58H36N4O. The molecule has 5 heteroatoms. The Balaban J connectivity index is 0.961. The van der Waals surface area contributed by atoms with Gasteiger partial charge >= 0.3 is 0 Å². The molecule has 0 unspecified atom stereocenters. The molecule has 0 bridgehead atoms. The molecule has 8 aromatic carbocycles. The normalized spacial score (nSPS) is 11.8. The van der Waals surface area contributed by atoms with Gasteiger partial charge < -0.3 is 8.98 Å². The van der Waals surface area contributed by atoms with Gasteiger partial charge in [0.05, 0.1) is 27.8 Å². The van der Waals surface area contributed by atoms with Gasteiger partial charge in [0.25, 0.3) is 0 Å². The first-order valence-electron chi connectivity index (χ1n) is 21.3. The van der Waals surface area contributed by atoms with Crippen molar-refractivity contribution in [2.24, 2.45) is 0 Å². The third kappa shape index (κ3) is 5.71. The van der Waals surface area contributed by atoms with Crippen molar-refractivity contribution in [1.82, 2.24) is 19.1 Å². The van der Waals surface area contributed by atoms with Crippen LogP contribution in [0.1, 0.15) is 0 Å². The largest absolute Gasteiger partial charge is 0.454 e. The maximum absolute atomic E-state index is 6.09. The van der Waals surface area contributed by atoms with Gasteiger partial charge in [0.1, 0.15) is 16.9 Å². The van der Waals surface area contributed by atoms with Crippen LogP contribution in [0.25, 0.3) is 122 Å². The van der Waals surface area contributed by atoms with Crippen molar-refractivity contribution < 1.29 is 4.42 Å². The van der Waals surface area contributed by atoms with Gasteiger partial charge in [-0.3, -0.25) is 9.55 Å². The van der Waals surface area contributed by atoms with Crippen LogP contribution in [0.3, 0.4) is 0 Å². The fraction of sp³-hybridized carbons (Fsp3) is 0. The number of fused-ring (bicyclic) bond motifs is 9. The van der Waals surface area contributed by atoms with E-state index in [9.17, 15) is 0 Å². The second kappa shape index (κ2) is 14.0. The lowest BCUT2D eigenvalue weighted by molar-refractivity contribution is 0.668. The van der Waals surface area contributed by atoms with E-state index in [0.29, 0.717) is 0 Å². The zero-order valence-electron chi connectivity index (χ0n) is 34.0. The Bertz CT molecular complexity index is 3860. The first kappa shape index (κ1) is 35.2. The standard InChI is InChI=1S/C58H36N4O/c1-3-13-37(14-4-1)43-34-50(38-15-5-2-6-16-38)60-57(36-43)62-52-22-10-7-19-45(52)47-27-24-42(35-54(47)62)40-25-28-53-48(32-40)46-20-8-9-21-51(46)61(53)44-18-11-17-39(31-44)41-26-29-55-49(33-41)58-56(63-55)23-12-30-59-58/h1-36H. The van der Waals surface area contributed by atoms with Crippen LogP contribution < -0.4 is 0 Å². The van der Waals surface area contributed by atoms with Gasteiger partial charge in [0.15, 0.2) is 5.58 Å². The summed E-state index contributed by atoms with van der Waals surface area (Å²) in [6, 6.07) is 75.8. The van der Waals surface area contributed by atoms with Crippen molar-refractivity contribution in [2.75, 3.05) is 0 Å². The molecule has 0 saturated carbocycles. The molecule has 63 heavy (non-hydrogen) atoms. The minimum atomic E-state index is 0.799. The molecule has 0 N–H and O–H groups in total. The van der Waals surface area contributed by atoms with Crippen LogP contribution in [-0.4, -0.2) is 19.1 Å². The first-order chi connectivity index (χ1) is 31.2. The minimum Gasteiger partial charge on any atom is -0.454 e. The molecule has 0 spiro atoms. The highest BCUT2D eigenvalue weighted by atomic mass is 16.3. The summed E-state index contributed by atoms with van der Waals surface area (Å²) in [4.78, 5) is 10.0. The van der Waals surface area contributed by atoms with Gasteiger partial charge in [-0.25, -0.2) is 4.98 Å². The maximum atomic E-state index is 6.09. The lowest BCUT2D eigenvalue weighted by Gasteiger charge is -2.13. The molecule has 294 valence electrons. The first-order valence-corrected chi connectivity index (χ1v) is 21.3. The molecule has 0 fully saturated rings.